The molecule has 0 fully saturated rings. The molecule has 1 aromatic carbocycles. The Morgan fingerprint density at radius 1 is 1.38 bits per heavy atom. The van der Waals surface area contributed by atoms with Gasteiger partial charge in [0.2, 0.25) is 0 Å². The lowest BCUT2D eigenvalue weighted by Crippen LogP contribution is -1.99. The van der Waals surface area contributed by atoms with Gasteiger partial charge < -0.3 is 14.9 Å². The largest absolute Gasteiger partial charge is 0.492 e. The van der Waals surface area contributed by atoms with Crippen molar-refractivity contribution in [3.8, 4) is 28.6 Å². The van der Waals surface area contributed by atoms with E-state index in [9.17, 15) is 9.18 Å². The average molecular weight is 371 g/mol. The number of aromatic nitrogens is 3. The SMILES string of the molecule is COc1c(Cl)ccc(-c2cc(N)c(Cl)c(-c3n[nH]c(=O)o3)n2)c1F. The number of H-pyrrole nitrogens is 1. The number of rotatable bonds is 3. The van der Waals surface area contributed by atoms with Crippen molar-refractivity contribution in [2.45, 2.75) is 0 Å². The molecule has 2 aromatic heterocycles. The normalized spacial score (nSPS) is 10.8. The Bertz CT molecular complexity index is 987. The van der Waals surface area contributed by atoms with Gasteiger partial charge in [-0.15, -0.1) is 5.10 Å². The van der Waals surface area contributed by atoms with Crippen molar-refractivity contribution >= 4 is 28.9 Å². The molecule has 0 spiro atoms. The second-order valence-electron chi connectivity index (χ2n) is 4.62. The first kappa shape index (κ1) is 16.3. The number of methoxy groups -OCH3 is 1. The third-order valence-electron chi connectivity index (χ3n) is 3.16. The van der Waals surface area contributed by atoms with E-state index in [1.165, 1.54) is 25.3 Å². The Morgan fingerprint density at radius 3 is 2.75 bits per heavy atom. The first-order valence-corrected chi connectivity index (χ1v) is 7.22. The third-order valence-corrected chi connectivity index (χ3v) is 3.85. The van der Waals surface area contributed by atoms with Gasteiger partial charge in [0.1, 0.15) is 5.69 Å². The zero-order valence-electron chi connectivity index (χ0n) is 12.1. The van der Waals surface area contributed by atoms with Crippen LogP contribution >= 0.6 is 23.2 Å². The van der Waals surface area contributed by atoms with Gasteiger partial charge in [0.05, 0.1) is 28.5 Å². The summed E-state index contributed by atoms with van der Waals surface area (Å²) >= 11 is 12.0. The Hall–Kier alpha value is -2.58. The average Bonchev–Trinajstić information content (AvgIpc) is 2.97. The fourth-order valence-corrected chi connectivity index (χ4v) is 2.48. The van der Waals surface area contributed by atoms with Crippen molar-refractivity contribution < 1.29 is 13.5 Å². The monoisotopic (exact) mass is 370 g/mol. The van der Waals surface area contributed by atoms with Crippen molar-refractivity contribution in [2.75, 3.05) is 12.8 Å². The number of aromatic amines is 1. The van der Waals surface area contributed by atoms with Gasteiger partial charge in [0.25, 0.3) is 5.89 Å². The van der Waals surface area contributed by atoms with E-state index in [2.05, 4.69) is 15.2 Å². The van der Waals surface area contributed by atoms with Crippen molar-refractivity contribution in [2.24, 2.45) is 0 Å². The Labute approximate surface area is 144 Å². The van der Waals surface area contributed by atoms with E-state index in [1.54, 1.807) is 0 Å². The van der Waals surface area contributed by atoms with Gasteiger partial charge in [-0.3, -0.25) is 0 Å². The van der Waals surface area contributed by atoms with Crippen molar-refractivity contribution in [1.29, 1.82) is 0 Å². The number of hydrogen-bond acceptors (Lipinski definition) is 6. The van der Waals surface area contributed by atoms with E-state index >= 15 is 0 Å². The van der Waals surface area contributed by atoms with Gasteiger partial charge in [-0.1, -0.05) is 23.2 Å². The molecule has 3 rings (SSSR count). The summed E-state index contributed by atoms with van der Waals surface area (Å²) in [6.45, 7) is 0. The number of nitrogens with zero attached hydrogens (tertiary/aromatic N) is 2. The molecule has 24 heavy (non-hydrogen) atoms. The van der Waals surface area contributed by atoms with Crippen LogP contribution in [0.4, 0.5) is 10.1 Å². The number of hydrogen-bond donors (Lipinski definition) is 2. The van der Waals surface area contributed by atoms with Gasteiger partial charge in [0.15, 0.2) is 11.6 Å². The Balaban J connectivity index is 2.24. The molecule has 0 aliphatic rings. The maximum absolute atomic E-state index is 14.6. The number of halogens is 3. The number of ether oxygens (including phenoxy) is 1. The van der Waals surface area contributed by atoms with Gasteiger partial charge >= 0.3 is 5.76 Å². The lowest BCUT2D eigenvalue weighted by molar-refractivity contribution is 0.387. The molecule has 0 unspecified atom stereocenters. The molecule has 0 amide bonds. The summed E-state index contributed by atoms with van der Waals surface area (Å²) in [4.78, 5) is 15.3. The summed E-state index contributed by atoms with van der Waals surface area (Å²) < 4.78 is 24.3. The molecular weight excluding hydrogens is 362 g/mol. The van der Waals surface area contributed by atoms with Crippen molar-refractivity contribution in [1.82, 2.24) is 15.2 Å². The van der Waals surface area contributed by atoms with Crippen LogP contribution in [-0.4, -0.2) is 22.3 Å². The van der Waals surface area contributed by atoms with E-state index in [0.717, 1.165) is 0 Å². The second-order valence-corrected chi connectivity index (χ2v) is 5.40. The predicted molar refractivity (Wildman–Crippen MR) is 86.7 cm³/mol. The highest BCUT2D eigenvalue weighted by atomic mass is 35.5. The number of nitrogens with two attached hydrogens (primary N) is 1. The van der Waals surface area contributed by atoms with Gasteiger partial charge in [-0.25, -0.2) is 19.3 Å². The fourth-order valence-electron chi connectivity index (χ4n) is 2.08. The molecule has 0 radical (unpaired) electrons. The molecule has 0 atom stereocenters. The first-order chi connectivity index (χ1) is 11.4. The van der Waals surface area contributed by atoms with E-state index in [1.807, 2.05) is 0 Å². The Kier molecular flexibility index (Phi) is 4.16. The number of pyridine rings is 1. The molecule has 0 saturated heterocycles. The number of nitrogens with one attached hydrogen (secondary N) is 1. The zero-order chi connectivity index (χ0) is 17.4. The maximum atomic E-state index is 14.6. The maximum Gasteiger partial charge on any atom is 0.434 e. The molecule has 0 aliphatic heterocycles. The molecule has 124 valence electrons. The molecular formula is C14H9Cl2FN4O3. The fraction of sp³-hybridized carbons (Fsp3) is 0.0714. The molecule has 0 bridgehead atoms. The van der Waals surface area contributed by atoms with Gasteiger partial charge in [-0.2, -0.15) is 0 Å². The predicted octanol–water partition coefficient (Wildman–Crippen LogP) is 3.13. The quantitative estimate of drug-likeness (QED) is 0.733. The van der Waals surface area contributed by atoms with E-state index in [-0.39, 0.29) is 44.3 Å². The zero-order valence-corrected chi connectivity index (χ0v) is 13.6. The third kappa shape index (κ3) is 2.70. The van der Waals surface area contributed by atoms with Crippen LogP contribution in [0.25, 0.3) is 22.8 Å². The van der Waals surface area contributed by atoms with Gasteiger partial charge in [-0.05, 0) is 18.2 Å². The van der Waals surface area contributed by atoms with Crippen LogP contribution in [0.1, 0.15) is 0 Å². The van der Waals surface area contributed by atoms with Crippen LogP contribution < -0.4 is 16.2 Å². The molecule has 10 heteroatoms. The molecule has 3 aromatic rings. The summed E-state index contributed by atoms with van der Waals surface area (Å²) in [5.74, 6) is -1.79. The molecule has 2 heterocycles. The highest BCUT2D eigenvalue weighted by Gasteiger charge is 2.20. The number of benzene rings is 1. The van der Waals surface area contributed by atoms with Crippen molar-refractivity contribution in [3.63, 3.8) is 0 Å². The summed E-state index contributed by atoms with van der Waals surface area (Å²) in [6, 6.07) is 4.25. The summed E-state index contributed by atoms with van der Waals surface area (Å²) in [7, 11) is 1.29. The molecule has 7 nitrogen and oxygen atoms in total. The molecule has 0 aliphatic carbocycles. The summed E-state index contributed by atoms with van der Waals surface area (Å²) in [6.07, 6.45) is 0. The van der Waals surface area contributed by atoms with Crippen LogP contribution in [-0.2, 0) is 0 Å². The van der Waals surface area contributed by atoms with Crippen LogP contribution in [0.15, 0.2) is 27.4 Å². The lowest BCUT2D eigenvalue weighted by Gasteiger charge is -2.11. The number of anilines is 1. The Morgan fingerprint density at radius 2 is 2.12 bits per heavy atom. The van der Waals surface area contributed by atoms with Crippen LogP contribution in [0.3, 0.4) is 0 Å². The van der Waals surface area contributed by atoms with Crippen LogP contribution in [0.2, 0.25) is 10.0 Å². The lowest BCUT2D eigenvalue weighted by atomic mass is 10.1. The van der Waals surface area contributed by atoms with Gasteiger partial charge in [0, 0.05) is 5.56 Å². The molecule has 0 saturated carbocycles. The minimum Gasteiger partial charge on any atom is -0.492 e. The van der Waals surface area contributed by atoms with Crippen LogP contribution in [0, 0.1) is 5.82 Å². The highest BCUT2D eigenvalue weighted by Crippen LogP contribution is 2.37. The summed E-state index contributed by atoms with van der Waals surface area (Å²) in [5.41, 5.74) is 6.18. The number of nitrogen functional groups attached to an aromatic ring is 1. The topological polar surface area (TPSA) is 107 Å². The smallest absolute Gasteiger partial charge is 0.434 e. The van der Waals surface area contributed by atoms with E-state index in [4.69, 9.17) is 38.1 Å². The molecule has 3 N–H and O–H groups in total. The minimum absolute atomic E-state index is 0.00154. The standard InChI is InChI=1S/C14H9Cl2FN4O3/c1-23-12-6(15)3-2-5(10(12)17)8-4-7(18)9(16)11(19-8)13-20-21-14(22)24-13/h2-4H,1H3,(H2,18,19)(H,21,22). The van der Waals surface area contributed by atoms with E-state index in [0.29, 0.717) is 0 Å². The van der Waals surface area contributed by atoms with Crippen molar-refractivity contribution in [3.05, 3.63) is 44.6 Å². The summed E-state index contributed by atoms with van der Waals surface area (Å²) in [5, 5.41) is 5.87. The first-order valence-electron chi connectivity index (χ1n) is 6.46. The highest BCUT2D eigenvalue weighted by molar-refractivity contribution is 6.35. The van der Waals surface area contributed by atoms with E-state index < -0.39 is 11.6 Å². The second kappa shape index (κ2) is 6.14. The van der Waals surface area contributed by atoms with Crippen LogP contribution in [0.5, 0.6) is 5.75 Å². The minimum atomic E-state index is -0.786.